The van der Waals surface area contributed by atoms with E-state index in [1.54, 1.807) is 12.1 Å². The fourth-order valence-corrected chi connectivity index (χ4v) is 4.29. The number of benzene rings is 2. The Kier molecular flexibility index (Phi) is 10.1. The standard InChI is InChI=1S/C32H40N2O4/c1-22(2)25-12-14-26(15-13-25)30-23(3)19-28(20-34-30)38-21-32(4,5)17-6-7-24-8-10-27(11-9-24)31(37)33-18-16-29(35)36/h8-15,19-20,22H,6-7,16-18,21H2,1-5H3,(H,33,37)(H,35,36). The van der Waals surface area contributed by atoms with Crippen LogP contribution in [0.5, 0.6) is 5.75 Å². The number of aliphatic carboxylic acids is 1. The molecular weight excluding hydrogens is 476 g/mol. The van der Waals surface area contributed by atoms with Gasteiger partial charge in [-0.15, -0.1) is 0 Å². The van der Waals surface area contributed by atoms with Gasteiger partial charge in [0.2, 0.25) is 0 Å². The molecule has 1 heterocycles. The summed E-state index contributed by atoms with van der Waals surface area (Å²) in [6, 6.07) is 18.2. The van der Waals surface area contributed by atoms with Crippen LogP contribution in [0.4, 0.5) is 0 Å². The summed E-state index contributed by atoms with van der Waals surface area (Å²) in [6.07, 6.45) is 4.64. The summed E-state index contributed by atoms with van der Waals surface area (Å²) in [6.45, 7) is 11.6. The summed E-state index contributed by atoms with van der Waals surface area (Å²) in [7, 11) is 0. The number of nitrogens with one attached hydrogen (secondary N) is 1. The lowest BCUT2D eigenvalue weighted by atomic mass is 9.87. The third-order valence-corrected chi connectivity index (χ3v) is 6.69. The van der Waals surface area contributed by atoms with E-state index < -0.39 is 5.97 Å². The van der Waals surface area contributed by atoms with Crippen molar-refractivity contribution in [2.45, 2.75) is 66.2 Å². The molecule has 0 aliphatic rings. The minimum Gasteiger partial charge on any atom is -0.491 e. The highest BCUT2D eigenvalue weighted by atomic mass is 16.5. The lowest BCUT2D eigenvalue weighted by molar-refractivity contribution is -0.136. The molecule has 0 bridgehead atoms. The molecule has 0 aliphatic carbocycles. The van der Waals surface area contributed by atoms with Crippen LogP contribution in [0.3, 0.4) is 0 Å². The predicted octanol–water partition coefficient (Wildman–Crippen LogP) is 6.81. The lowest BCUT2D eigenvalue weighted by Crippen LogP contribution is -2.25. The van der Waals surface area contributed by atoms with Crippen LogP contribution in [0, 0.1) is 12.3 Å². The molecule has 0 atom stereocenters. The Morgan fingerprint density at radius 1 is 1.05 bits per heavy atom. The zero-order chi connectivity index (χ0) is 27.7. The van der Waals surface area contributed by atoms with E-state index in [2.05, 4.69) is 75.3 Å². The van der Waals surface area contributed by atoms with Crippen LogP contribution in [0.1, 0.15) is 79.9 Å². The number of carboxylic acids is 1. The molecule has 202 valence electrons. The molecule has 0 aliphatic heterocycles. The van der Waals surface area contributed by atoms with Gasteiger partial charge in [-0.2, -0.15) is 0 Å². The fourth-order valence-electron chi connectivity index (χ4n) is 4.29. The normalized spacial score (nSPS) is 11.4. The van der Waals surface area contributed by atoms with Gasteiger partial charge >= 0.3 is 5.97 Å². The number of aromatic nitrogens is 1. The first-order valence-corrected chi connectivity index (χ1v) is 13.3. The van der Waals surface area contributed by atoms with Gasteiger partial charge in [0, 0.05) is 17.7 Å². The fraction of sp³-hybridized carbons (Fsp3) is 0.406. The Morgan fingerprint density at radius 2 is 1.74 bits per heavy atom. The number of hydrogen-bond donors (Lipinski definition) is 2. The van der Waals surface area contributed by atoms with E-state index in [0.29, 0.717) is 18.1 Å². The number of carbonyl (C=O) groups is 2. The first kappa shape index (κ1) is 28.9. The molecule has 0 saturated heterocycles. The van der Waals surface area contributed by atoms with Gasteiger partial charge in [0.15, 0.2) is 0 Å². The van der Waals surface area contributed by atoms with Crippen molar-refractivity contribution in [1.29, 1.82) is 0 Å². The highest BCUT2D eigenvalue weighted by Crippen LogP contribution is 2.28. The number of aryl methyl sites for hydroxylation is 2. The van der Waals surface area contributed by atoms with Crippen molar-refractivity contribution in [2.24, 2.45) is 5.41 Å². The van der Waals surface area contributed by atoms with Crippen LogP contribution in [0.25, 0.3) is 11.3 Å². The van der Waals surface area contributed by atoms with Gasteiger partial charge in [-0.05, 0) is 72.4 Å². The number of amides is 1. The number of hydrogen-bond acceptors (Lipinski definition) is 4. The third-order valence-electron chi connectivity index (χ3n) is 6.69. The van der Waals surface area contributed by atoms with Crippen molar-refractivity contribution >= 4 is 11.9 Å². The first-order valence-electron chi connectivity index (χ1n) is 13.3. The van der Waals surface area contributed by atoms with Crippen molar-refractivity contribution in [3.05, 3.63) is 83.0 Å². The van der Waals surface area contributed by atoms with Crippen LogP contribution in [0.2, 0.25) is 0 Å². The lowest BCUT2D eigenvalue weighted by Gasteiger charge is -2.25. The molecule has 2 N–H and O–H groups in total. The Balaban J connectivity index is 1.46. The number of rotatable bonds is 13. The minimum atomic E-state index is -0.929. The molecule has 1 amide bonds. The average molecular weight is 517 g/mol. The molecule has 6 heteroatoms. The second-order valence-electron chi connectivity index (χ2n) is 11.0. The summed E-state index contributed by atoms with van der Waals surface area (Å²) < 4.78 is 6.14. The van der Waals surface area contributed by atoms with Crippen molar-refractivity contribution in [2.75, 3.05) is 13.2 Å². The van der Waals surface area contributed by atoms with E-state index >= 15 is 0 Å². The van der Waals surface area contributed by atoms with Crippen LogP contribution in [0.15, 0.2) is 60.8 Å². The van der Waals surface area contributed by atoms with Crippen molar-refractivity contribution in [3.63, 3.8) is 0 Å². The predicted molar refractivity (Wildman–Crippen MR) is 152 cm³/mol. The number of carbonyl (C=O) groups excluding carboxylic acids is 1. The summed E-state index contributed by atoms with van der Waals surface area (Å²) in [5, 5.41) is 11.3. The summed E-state index contributed by atoms with van der Waals surface area (Å²) >= 11 is 0. The largest absolute Gasteiger partial charge is 0.491 e. The maximum atomic E-state index is 12.1. The van der Waals surface area contributed by atoms with Crippen molar-refractivity contribution < 1.29 is 19.4 Å². The van der Waals surface area contributed by atoms with Gasteiger partial charge in [-0.3, -0.25) is 14.6 Å². The van der Waals surface area contributed by atoms with Gasteiger partial charge < -0.3 is 15.2 Å². The molecular formula is C32H40N2O4. The van der Waals surface area contributed by atoms with Crippen LogP contribution >= 0.6 is 0 Å². The highest BCUT2D eigenvalue weighted by Gasteiger charge is 2.19. The minimum absolute atomic E-state index is 0.00319. The van der Waals surface area contributed by atoms with E-state index in [4.69, 9.17) is 9.84 Å². The molecule has 2 aromatic carbocycles. The summed E-state index contributed by atoms with van der Waals surface area (Å²) in [5.74, 6) is 0.115. The van der Waals surface area contributed by atoms with Crippen LogP contribution < -0.4 is 10.1 Å². The van der Waals surface area contributed by atoms with Crippen LogP contribution in [-0.2, 0) is 11.2 Å². The quantitative estimate of drug-likeness (QED) is 0.260. The Labute approximate surface area is 226 Å². The van der Waals surface area contributed by atoms with Crippen molar-refractivity contribution in [3.8, 4) is 17.0 Å². The number of ether oxygens (including phenoxy) is 1. The second kappa shape index (κ2) is 13.2. The topological polar surface area (TPSA) is 88.5 Å². The molecule has 1 aromatic heterocycles. The first-order chi connectivity index (χ1) is 18.0. The molecule has 0 spiro atoms. The van der Waals surface area contributed by atoms with Gasteiger partial charge in [0.1, 0.15) is 5.75 Å². The second-order valence-corrected chi connectivity index (χ2v) is 11.0. The molecule has 3 aromatic rings. The zero-order valence-corrected chi connectivity index (χ0v) is 23.2. The van der Waals surface area contributed by atoms with E-state index in [9.17, 15) is 9.59 Å². The maximum Gasteiger partial charge on any atom is 0.305 e. The number of pyridine rings is 1. The van der Waals surface area contributed by atoms with Crippen LogP contribution in [-0.4, -0.2) is 35.1 Å². The van der Waals surface area contributed by atoms with Gasteiger partial charge in [0.25, 0.3) is 5.91 Å². The van der Waals surface area contributed by atoms with Gasteiger partial charge in [-0.25, -0.2) is 0 Å². The zero-order valence-electron chi connectivity index (χ0n) is 23.2. The molecule has 0 radical (unpaired) electrons. The molecule has 6 nitrogen and oxygen atoms in total. The average Bonchev–Trinajstić information content (AvgIpc) is 2.88. The number of nitrogens with zero attached hydrogens (tertiary/aromatic N) is 1. The smallest absolute Gasteiger partial charge is 0.305 e. The molecule has 38 heavy (non-hydrogen) atoms. The number of carboxylic acid groups (broad SMARTS) is 1. The monoisotopic (exact) mass is 516 g/mol. The third kappa shape index (κ3) is 8.72. The Morgan fingerprint density at radius 3 is 2.34 bits per heavy atom. The van der Waals surface area contributed by atoms with E-state index in [1.165, 1.54) is 11.1 Å². The van der Waals surface area contributed by atoms with Crippen molar-refractivity contribution in [1.82, 2.24) is 10.3 Å². The van der Waals surface area contributed by atoms with E-state index in [0.717, 1.165) is 41.8 Å². The Bertz CT molecular complexity index is 1220. The summed E-state index contributed by atoms with van der Waals surface area (Å²) in [4.78, 5) is 27.4. The molecule has 0 fully saturated rings. The molecule has 0 saturated carbocycles. The summed E-state index contributed by atoms with van der Waals surface area (Å²) in [5.41, 5.74) is 6.22. The molecule has 3 rings (SSSR count). The SMILES string of the molecule is Cc1cc(OCC(C)(C)CCCc2ccc(C(=O)NCCC(=O)O)cc2)cnc1-c1ccc(C(C)C)cc1. The van der Waals surface area contributed by atoms with Gasteiger partial charge in [0.05, 0.1) is 24.9 Å². The van der Waals surface area contributed by atoms with E-state index in [-0.39, 0.29) is 24.3 Å². The maximum absolute atomic E-state index is 12.1. The Hall–Kier alpha value is -3.67. The molecule has 0 unspecified atom stereocenters. The highest BCUT2D eigenvalue weighted by molar-refractivity contribution is 5.94. The van der Waals surface area contributed by atoms with Gasteiger partial charge in [-0.1, -0.05) is 64.1 Å². The van der Waals surface area contributed by atoms with E-state index in [1.807, 2.05) is 18.3 Å².